The van der Waals surface area contributed by atoms with Crippen molar-refractivity contribution in [3.05, 3.63) is 66.4 Å². The van der Waals surface area contributed by atoms with Gasteiger partial charge in [0.15, 0.2) is 0 Å². The maximum absolute atomic E-state index is 13.8. The molecule has 1 saturated carbocycles. The summed E-state index contributed by atoms with van der Waals surface area (Å²) in [6, 6.07) is 17.6. The molecule has 3 aromatic rings. The van der Waals surface area contributed by atoms with E-state index in [0.29, 0.717) is 12.5 Å². The number of fused-ring (bicyclic) bond motifs is 1. The van der Waals surface area contributed by atoms with E-state index in [2.05, 4.69) is 10.3 Å². The Morgan fingerprint density at radius 2 is 1.75 bits per heavy atom. The van der Waals surface area contributed by atoms with Crippen molar-refractivity contribution in [1.29, 1.82) is 0 Å². The molecular formula is C25H27N5O2. The van der Waals surface area contributed by atoms with Crippen LogP contribution in [-0.2, 0) is 6.54 Å². The number of carbonyl (C=O) groups excluding carboxylic acids is 1. The fourth-order valence-electron chi connectivity index (χ4n) is 4.52. The number of nitrogens with zero attached hydrogens (tertiary/aromatic N) is 4. The van der Waals surface area contributed by atoms with Crippen LogP contribution in [0.3, 0.4) is 0 Å². The van der Waals surface area contributed by atoms with Gasteiger partial charge in [-0.15, -0.1) is 0 Å². The summed E-state index contributed by atoms with van der Waals surface area (Å²) in [7, 11) is 1.64. The van der Waals surface area contributed by atoms with Crippen molar-refractivity contribution < 1.29 is 9.53 Å². The molecule has 1 N–H and O–H groups in total. The Bertz CT molecular complexity index is 1080. The van der Waals surface area contributed by atoms with Gasteiger partial charge in [-0.25, -0.2) is 9.78 Å². The standard InChI is InChI=1S/C25H27N5O2/c1-32-22-14-12-20(13-15-22)29-17-18-16-26-24(27-19-8-4-2-5-9-19)28-23(18)30(25(29)31)21-10-6-3-7-11-21/h2,4-5,8-9,12-16,21H,3,6-7,10-11,17H2,1H3,(H,26,27,28). The van der Waals surface area contributed by atoms with E-state index in [9.17, 15) is 4.79 Å². The van der Waals surface area contributed by atoms with Gasteiger partial charge in [0.25, 0.3) is 0 Å². The smallest absolute Gasteiger partial charge is 0.330 e. The van der Waals surface area contributed by atoms with E-state index in [1.54, 1.807) is 7.11 Å². The van der Waals surface area contributed by atoms with Gasteiger partial charge in [0.2, 0.25) is 5.95 Å². The fourth-order valence-corrected chi connectivity index (χ4v) is 4.52. The SMILES string of the molecule is COc1ccc(N2Cc3cnc(Nc4ccccc4)nc3N(C3CCCCC3)C2=O)cc1. The highest BCUT2D eigenvalue weighted by Gasteiger charge is 2.37. The zero-order valence-corrected chi connectivity index (χ0v) is 18.2. The van der Waals surface area contributed by atoms with Gasteiger partial charge in [0.1, 0.15) is 11.6 Å². The zero-order valence-electron chi connectivity index (χ0n) is 18.2. The number of urea groups is 1. The lowest BCUT2D eigenvalue weighted by atomic mass is 9.93. The van der Waals surface area contributed by atoms with E-state index in [1.807, 2.05) is 70.6 Å². The average molecular weight is 430 g/mol. The van der Waals surface area contributed by atoms with Crippen LogP contribution in [0.5, 0.6) is 5.75 Å². The predicted molar refractivity (Wildman–Crippen MR) is 126 cm³/mol. The minimum atomic E-state index is -0.0288. The topological polar surface area (TPSA) is 70.6 Å². The van der Waals surface area contributed by atoms with Crippen LogP contribution in [-0.4, -0.2) is 29.2 Å². The molecule has 0 radical (unpaired) electrons. The van der Waals surface area contributed by atoms with Crippen LogP contribution >= 0.6 is 0 Å². The van der Waals surface area contributed by atoms with Crippen LogP contribution in [0.4, 0.5) is 27.9 Å². The molecule has 1 aromatic heterocycles. The molecule has 2 aliphatic rings. The predicted octanol–water partition coefficient (Wildman–Crippen LogP) is 5.51. The minimum Gasteiger partial charge on any atom is -0.497 e. The maximum atomic E-state index is 13.8. The average Bonchev–Trinajstić information content (AvgIpc) is 2.85. The Balaban J connectivity index is 1.51. The lowest BCUT2D eigenvalue weighted by Crippen LogP contribution is -2.53. The van der Waals surface area contributed by atoms with Crippen LogP contribution in [0.1, 0.15) is 37.7 Å². The number of aromatic nitrogens is 2. The first-order chi connectivity index (χ1) is 15.7. The van der Waals surface area contributed by atoms with Crippen molar-refractivity contribution in [1.82, 2.24) is 9.97 Å². The van der Waals surface area contributed by atoms with E-state index < -0.39 is 0 Å². The number of para-hydroxylation sites is 1. The monoisotopic (exact) mass is 429 g/mol. The minimum absolute atomic E-state index is 0.0288. The molecule has 32 heavy (non-hydrogen) atoms. The molecule has 7 heteroatoms. The summed E-state index contributed by atoms with van der Waals surface area (Å²) >= 11 is 0. The van der Waals surface area contributed by atoms with E-state index >= 15 is 0 Å². The molecule has 5 rings (SSSR count). The Morgan fingerprint density at radius 3 is 2.47 bits per heavy atom. The van der Waals surface area contributed by atoms with Crippen molar-refractivity contribution in [3.8, 4) is 5.75 Å². The Labute approximate surface area is 188 Å². The molecule has 2 aromatic carbocycles. The molecule has 0 bridgehead atoms. The number of amides is 2. The quantitative estimate of drug-likeness (QED) is 0.579. The van der Waals surface area contributed by atoms with Crippen molar-refractivity contribution in [3.63, 3.8) is 0 Å². The van der Waals surface area contributed by atoms with E-state index in [-0.39, 0.29) is 12.1 Å². The van der Waals surface area contributed by atoms with Crippen LogP contribution in [0.2, 0.25) is 0 Å². The van der Waals surface area contributed by atoms with Gasteiger partial charge in [0, 0.05) is 29.2 Å². The van der Waals surface area contributed by atoms with Crippen LogP contribution in [0.25, 0.3) is 0 Å². The van der Waals surface area contributed by atoms with Gasteiger partial charge >= 0.3 is 6.03 Å². The molecule has 0 atom stereocenters. The number of methoxy groups -OCH3 is 1. The molecule has 2 amide bonds. The first-order valence-corrected chi connectivity index (χ1v) is 11.2. The number of nitrogens with one attached hydrogen (secondary N) is 1. The van der Waals surface area contributed by atoms with Gasteiger partial charge in [-0.3, -0.25) is 9.80 Å². The van der Waals surface area contributed by atoms with Crippen LogP contribution < -0.4 is 19.9 Å². The van der Waals surface area contributed by atoms with Crippen molar-refractivity contribution in [2.24, 2.45) is 0 Å². The molecule has 1 fully saturated rings. The molecule has 7 nitrogen and oxygen atoms in total. The third-order valence-electron chi connectivity index (χ3n) is 6.19. The Morgan fingerprint density at radius 1 is 1.00 bits per heavy atom. The number of hydrogen-bond acceptors (Lipinski definition) is 5. The highest BCUT2D eigenvalue weighted by Crippen LogP contribution is 2.36. The summed E-state index contributed by atoms with van der Waals surface area (Å²) in [5, 5.41) is 3.26. The Kier molecular flexibility index (Phi) is 5.62. The van der Waals surface area contributed by atoms with Gasteiger partial charge < -0.3 is 10.1 Å². The second-order valence-corrected chi connectivity index (χ2v) is 8.26. The van der Waals surface area contributed by atoms with Crippen LogP contribution in [0.15, 0.2) is 60.8 Å². The lowest BCUT2D eigenvalue weighted by molar-refractivity contribution is 0.244. The summed E-state index contributed by atoms with van der Waals surface area (Å²) in [6.45, 7) is 0.440. The number of benzene rings is 2. The van der Waals surface area contributed by atoms with Gasteiger partial charge in [-0.1, -0.05) is 37.5 Å². The highest BCUT2D eigenvalue weighted by atomic mass is 16.5. The third kappa shape index (κ3) is 3.98. The van der Waals surface area contributed by atoms with Gasteiger partial charge in [-0.2, -0.15) is 4.98 Å². The number of carbonyl (C=O) groups is 1. The number of ether oxygens (including phenoxy) is 1. The molecule has 2 heterocycles. The summed E-state index contributed by atoms with van der Waals surface area (Å²) in [6.07, 6.45) is 7.31. The number of anilines is 4. The number of hydrogen-bond donors (Lipinski definition) is 1. The second-order valence-electron chi connectivity index (χ2n) is 8.26. The normalized spacial score (nSPS) is 16.6. The summed E-state index contributed by atoms with van der Waals surface area (Å²) < 4.78 is 5.28. The van der Waals surface area contributed by atoms with Crippen molar-refractivity contribution in [2.45, 2.75) is 44.7 Å². The molecular weight excluding hydrogens is 402 g/mol. The summed E-state index contributed by atoms with van der Waals surface area (Å²) in [5.41, 5.74) is 2.71. The third-order valence-corrected chi connectivity index (χ3v) is 6.19. The fraction of sp³-hybridized carbons (Fsp3) is 0.320. The summed E-state index contributed by atoms with van der Waals surface area (Å²) in [4.78, 5) is 26.8. The zero-order chi connectivity index (χ0) is 21.9. The molecule has 164 valence electrons. The molecule has 1 aliphatic carbocycles. The first-order valence-electron chi connectivity index (χ1n) is 11.2. The maximum Gasteiger partial charge on any atom is 0.330 e. The van der Waals surface area contributed by atoms with E-state index in [4.69, 9.17) is 9.72 Å². The van der Waals surface area contributed by atoms with E-state index in [1.165, 1.54) is 6.42 Å². The largest absolute Gasteiger partial charge is 0.497 e. The van der Waals surface area contributed by atoms with Crippen LogP contribution in [0, 0.1) is 0 Å². The number of rotatable bonds is 5. The molecule has 0 spiro atoms. The van der Waals surface area contributed by atoms with Gasteiger partial charge in [0.05, 0.1) is 13.7 Å². The van der Waals surface area contributed by atoms with Crippen molar-refractivity contribution in [2.75, 3.05) is 22.2 Å². The van der Waals surface area contributed by atoms with Gasteiger partial charge in [-0.05, 0) is 49.2 Å². The first kappa shape index (κ1) is 20.3. The lowest BCUT2D eigenvalue weighted by Gasteiger charge is -2.41. The highest BCUT2D eigenvalue weighted by molar-refractivity contribution is 6.06. The molecule has 0 unspecified atom stereocenters. The Hall–Kier alpha value is -3.61. The second kappa shape index (κ2) is 8.86. The van der Waals surface area contributed by atoms with Crippen molar-refractivity contribution >= 4 is 29.2 Å². The molecule has 0 saturated heterocycles. The van der Waals surface area contributed by atoms with E-state index in [0.717, 1.165) is 54.2 Å². The summed E-state index contributed by atoms with van der Waals surface area (Å²) in [5.74, 6) is 1.99. The molecule has 1 aliphatic heterocycles.